The highest BCUT2D eigenvalue weighted by Crippen LogP contribution is 2.25. The van der Waals surface area contributed by atoms with Gasteiger partial charge >= 0.3 is 5.97 Å². The first-order chi connectivity index (χ1) is 12.9. The number of sulfonamides is 1. The molecule has 0 N–H and O–H groups in total. The number of hydrogen-bond acceptors (Lipinski definition) is 5. The molecule has 2 fully saturated rings. The highest BCUT2D eigenvalue weighted by Gasteiger charge is 2.31. The largest absolute Gasteiger partial charge is 0.452 e. The molecule has 1 atom stereocenters. The van der Waals surface area contributed by atoms with Crippen molar-refractivity contribution >= 4 is 21.9 Å². The molecule has 2 aliphatic heterocycles. The molecule has 0 aromatic heterocycles. The van der Waals surface area contributed by atoms with Crippen LogP contribution in [0.5, 0.6) is 0 Å². The molecule has 8 heteroatoms. The molecule has 0 radical (unpaired) electrons. The summed E-state index contributed by atoms with van der Waals surface area (Å²) in [6.45, 7) is 3.45. The van der Waals surface area contributed by atoms with Crippen LogP contribution in [0.3, 0.4) is 0 Å². The Kier molecular flexibility index (Phi) is 6.16. The van der Waals surface area contributed by atoms with E-state index in [4.69, 9.17) is 4.74 Å². The predicted molar refractivity (Wildman–Crippen MR) is 99.7 cm³/mol. The topological polar surface area (TPSA) is 84.0 Å². The van der Waals surface area contributed by atoms with Crippen molar-refractivity contribution in [3.05, 3.63) is 29.8 Å². The van der Waals surface area contributed by atoms with E-state index >= 15 is 0 Å². The van der Waals surface area contributed by atoms with Gasteiger partial charge in [-0.1, -0.05) is 12.5 Å². The first-order valence-electron chi connectivity index (χ1n) is 9.46. The number of carbonyl (C=O) groups excluding carboxylic acids is 2. The number of piperidine rings is 1. The van der Waals surface area contributed by atoms with Crippen LogP contribution in [0.4, 0.5) is 0 Å². The Morgan fingerprint density at radius 3 is 2.52 bits per heavy atom. The van der Waals surface area contributed by atoms with Gasteiger partial charge in [-0.3, -0.25) is 4.79 Å². The lowest BCUT2D eigenvalue weighted by atomic mass is 10.1. The second-order valence-electron chi connectivity index (χ2n) is 7.15. The minimum absolute atomic E-state index is 0.0579. The van der Waals surface area contributed by atoms with E-state index in [1.54, 1.807) is 4.90 Å². The second kappa shape index (κ2) is 8.39. The normalized spacial score (nSPS) is 21.2. The van der Waals surface area contributed by atoms with E-state index in [1.807, 2.05) is 6.92 Å². The molecule has 0 unspecified atom stereocenters. The van der Waals surface area contributed by atoms with Crippen LogP contribution in [-0.2, 0) is 19.6 Å². The van der Waals surface area contributed by atoms with Gasteiger partial charge in [0.2, 0.25) is 10.0 Å². The van der Waals surface area contributed by atoms with E-state index in [9.17, 15) is 18.0 Å². The van der Waals surface area contributed by atoms with Crippen molar-refractivity contribution < 1.29 is 22.7 Å². The number of amides is 1. The van der Waals surface area contributed by atoms with Crippen LogP contribution >= 0.6 is 0 Å². The number of esters is 1. The second-order valence-corrected chi connectivity index (χ2v) is 9.04. The van der Waals surface area contributed by atoms with Crippen LogP contribution in [0, 0.1) is 0 Å². The molecular formula is C19H26N2O5S. The molecule has 0 saturated carbocycles. The summed E-state index contributed by atoms with van der Waals surface area (Å²) in [5.74, 6) is -0.905. The molecule has 2 aliphatic rings. The van der Waals surface area contributed by atoms with Crippen LogP contribution in [0.2, 0.25) is 0 Å². The molecule has 3 rings (SSSR count). The monoisotopic (exact) mass is 394 g/mol. The fourth-order valence-corrected chi connectivity index (χ4v) is 5.36. The summed E-state index contributed by atoms with van der Waals surface area (Å²) in [4.78, 5) is 26.0. The van der Waals surface area contributed by atoms with Crippen molar-refractivity contribution in [2.45, 2.75) is 50.0 Å². The molecule has 27 heavy (non-hydrogen) atoms. The van der Waals surface area contributed by atoms with Crippen molar-refractivity contribution in [3.8, 4) is 0 Å². The Bertz CT molecular complexity index is 802. The minimum atomic E-state index is -3.66. The zero-order valence-electron chi connectivity index (χ0n) is 15.6. The third kappa shape index (κ3) is 4.50. The molecule has 148 valence electrons. The fourth-order valence-electron chi connectivity index (χ4n) is 3.62. The average molecular weight is 394 g/mol. The van der Waals surface area contributed by atoms with E-state index in [0.29, 0.717) is 19.6 Å². The van der Waals surface area contributed by atoms with Crippen LogP contribution in [0.15, 0.2) is 29.2 Å². The van der Waals surface area contributed by atoms with Crippen molar-refractivity contribution in [2.24, 2.45) is 0 Å². The summed E-state index contributed by atoms with van der Waals surface area (Å²) >= 11 is 0. The molecule has 1 aromatic carbocycles. The zero-order chi connectivity index (χ0) is 19.4. The molecule has 1 aromatic rings. The van der Waals surface area contributed by atoms with Gasteiger partial charge in [0.25, 0.3) is 5.91 Å². The van der Waals surface area contributed by atoms with E-state index in [-0.39, 0.29) is 29.0 Å². The van der Waals surface area contributed by atoms with Gasteiger partial charge in [-0.15, -0.1) is 0 Å². The van der Waals surface area contributed by atoms with E-state index in [1.165, 1.54) is 28.6 Å². The van der Waals surface area contributed by atoms with E-state index < -0.39 is 16.0 Å². The maximum atomic E-state index is 12.9. The number of nitrogens with zero attached hydrogens (tertiary/aromatic N) is 2. The van der Waals surface area contributed by atoms with Crippen molar-refractivity contribution in [3.63, 3.8) is 0 Å². The molecule has 0 aliphatic carbocycles. The Morgan fingerprint density at radius 1 is 1.11 bits per heavy atom. The Hall–Kier alpha value is -1.93. The van der Waals surface area contributed by atoms with Gasteiger partial charge in [0.1, 0.15) is 0 Å². The molecule has 1 amide bonds. The summed E-state index contributed by atoms with van der Waals surface area (Å²) < 4.78 is 32.4. The van der Waals surface area contributed by atoms with Crippen molar-refractivity contribution in [1.82, 2.24) is 9.21 Å². The lowest BCUT2D eigenvalue weighted by Crippen LogP contribution is -2.41. The molecule has 0 bridgehead atoms. The number of carbonyl (C=O) groups is 2. The maximum absolute atomic E-state index is 12.9. The average Bonchev–Trinajstić information content (AvgIpc) is 3.21. The summed E-state index contributed by atoms with van der Waals surface area (Å²) in [5.41, 5.74) is 0.134. The van der Waals surface area contributed by atoms with Crippen LogP contribution in [-0.4, -0.2) is 61.8 Å². The zero-order valence-corrected chi connectivity index (χ0v) is 16.4. The third-order valence-electron chi connectivity index (χ3n) is 5.20. The standard InChI is InChI=1S/C19H26N2O5S/c1-15-7-2-3-12-21(15)27(24,25)17-9-6-8-16(13-17)19(23)26-14-18(22)20-10-4-5-11-20/h6,8-9,13,15H,2-5,7,10-12,14H2,1H3/t15-/m1/s1. The van der Waals surface area contributed by atoms with E-state index in [2.05, 4.69) is 0 Å². The number of rotatable bonds is 5. The van der Waals surface area contributed by atoms with Gasteiger partial charge in [-0.25, -0.2) is 13.2 Å². The molecule has 7 nitrogen and oxygen atoms in total. The molecule has 2 heterocycles. The Labute approximate surface area is 160 Å². The fraction of sp³-hybridized carbons (Fsp3) is 0.579. The minimum Gasteiger partial charge on any atom is -0.452 e. The molecule has 0 spiro atoms. The molecule has 2 saturated heterocycles. The quantitative estimate of drug-likeness (QED) is 0.714. The molecular weight excluding hydrogens is 368 g/mol. The van der Waals surface area contributed by atoms with Crippen LogP contribution in [0.1, 0.15) is 49.4 Å². The SMILES string of the molecule is C[C@@H]1CCCCN1S(=O)(=O)c1cccc(C(=O)OCC(=O)N2CCCC2)c1. The van der Waals surface area contributed by atoms with E-state index in [0.717, 1.165) is 32.1 Å². The third-order valence-corrected chi connectivity index (χ3v) is 7.21. The summed E-state index contributed by atoms with van der Waals surface area (Å²) in [6.07, 6.45) is 4.62. The lowest BCUT2D eigenvalue weighted by Gasteiger charge is -2.32. The van der Waals surface area contributed by atoms with Crippen molar-refractivity contribution in [2.75, 3.05) is 26.2 Å². The van der Waals surface area contributed by atoms with Gasteiger partial charge in [0, 0.05) is 25.7 Å². The Morgan fingerprint density at radius 2 is 1.81 bits per heavy atom. The van der Waals surface area contributed by atoms with Gasteiger partial charge < -0.3 is 9.64 Å². The van der Waals surface area contributed by atoms with Gasteiger partial charge in [-0.05, 0) is 50.8 Å². The number of benzene rings is 1. The lowest BCUT2D eigenvalue weighted by molar-refractivity contribution is -0.133. The highest BCUT2D eigenvalue weighted by atomic mass is 32.2. The van der Waals surface area contributed by atoms with Crippen LogP contribution in [0.25, 0.3) is 0 Å². The summed E-state index contributed by atoms with van der Waals surface area (Å²) in [5, 5.41) is 0. The smallest absolute Gasteiger partial charge is 0.338 e. The number of ether oxygens (including phenoxy) is 1. The van der Waals surface area contributed by atoms with Gasteiger partial charge in [0.05, 0.1) is 10.5 Å². The number of hydrogen-bond donors (Lipinski definition) is 0. The maximum Gasteiger partial charge on any atom is 0.338 e. The Balaban J connectivity index is 1.69. The van der Waals surface area contributed by atoms with Gasteiger partial charge in [-0.2, -0.15) is 4.31 Å². The first-order valence-corrected chi connectivity index (χ1v) is 10.9. The first kappa shape index (κ1) is 19.8. The summed E-state index contributed by atoms with van der Waals surface area (Å²) in [7, 11) is -3.66. The summed E-state index contributed by atoms with van der Waals surface area (Å²) in [6, 6.07) is 5.79. The predicted octanol–water partition coefficient (Wildman–Crippen LogP) is 2.03. The highest BCUT2D eigenvalue weighted by molar-refractivity contribution is 7.89. The number of likely N-dealkylation sites (tertiary alicyclic amines) is 1. The van der Waals surface area contributed by atoms with Crippen molar-refractivity contribution in [1.29, 1.82) is 0 Å². The van der Waals surface area contributed by atoms with Gasteiger partial charge in [0.15, 0.2) is 6.61 Å². The van der Waals surface area contributed by atoms with Crippen LogP contribution < -0.4 is 0 Å².